The lowest BCUT2D eigenvalue weighted by Crippen LogP contribution is -2.30. The van der Waals surface area contributed by atoms with Crippen LogP contribution in [0.3, 0.4) is 0 Å². The number of aryl methyl sites for hydroxylation is 2. The summed E-state index contributed by atoms with van der Waals surface area (Å²) in [6.45, 7) is 8.15. The fourth-order valence-corrected chi connectivity index (χ4v) is 4.01. The van der Waals surface area contributed by atoms with Crippen LogP contribution in [0.2, 0.25) is 0 Å². The third-order valence-corrected chi connectivity index (χ3v) is 6.83. The molecule has 0 saturated heterocycles. The van der Waals surface area contributed by atoms with Gasteiger partial charge in [0.1, 0.15) is 5.69 Å². The third kappa shape index (κ3) is 5.60. The van der Waals surface area contributed by atoms with Crippen LogP contribution in [0.25, 0.3) is 0 Å². The number of aromatic amines is 1. The van der Waals surface area contributed by atoms with Crippen LogP contribution in [0.15, 0.2) is 23.1 Å². The SMILES string of the molecule is CCOC(=O)c1[nH]c(C)c(C(=O)OC(C)C(=O)Nc2cc(S(=O)(=O)N(C)C)ccc2C)c1C. The number of amides is 1. The summed E-state index contributed by atoms with van der Waals surface area (Å²) in [5.41, 5.74) is 1.98. The molecule has 0 spiro atoms. The Hall–Kier alpha value is -3.18. The Bertz CT molecular complexity index is 1180. The van der Waals surface area contributed by atoms with Gasteiger partial charge in [-0.05, 0) is 57.9 Å². The number of hydrogen-bond acceptors (Lipinski definition) is 7. The van der Waals surface area contributed by atoms with Gasteiger partial charge in [-0.1, -0.05) is 6.07 Å². The zero-order chi connectivity index (χ0) is 25.1. The average Bonchev–Trinajstić information content (AvgIpc) is 3.03. The van der Waals surface area contributed by atoms with Gasteiger partial charge in [0, 0.05) is 25.5 Å². The third-order valence-electron chi connectivity index (χ3n) is 5.02. The topological polar surface area (TPSA) is 135 Å². The van der Waals surface area contributed by atoms with Crippen molar-refractivity contribution in [2.45, 2.75) is 45.6 Å². The molecule has 1 unspecified atom stereocenters. The van der Waals surface area contributed by atoms with Crippen LogP contribution >= 0.6 is 0 Å². The molecule has 1 atom stereocenters. The molecule has 1 aromatic heterocycles. The summed E-state index contributed by atoms with van der Waals surface area (Å²) in [6, 6.07) is 4.37. The molecule has 10 nitrogen and oxygen atoms in total. The number of sulfonamides is 1. The number of esters is 2. The molecule has 33 heavy (non-hydrogen) atoms. The molecule has 1 amide bonds. The highest BCUT2D eigenvalue weighted by atomic mass is 32.2. The number of carbonyl (C=O) groups excluding carboxylic acids is 3. The minimum Gasteiger partial charge on any atom is -0.461 e. The lowest BCUT2D eigenvalue weighted by molar-refractivity contribution is -0.123. The van der Waals surface area contributed by atoms with Crippen molar-refractivity contribution in [1.29, 1.82) is 0 Å². The summed E-state index contributed by atoms with van der Waals surface area (Å²) in [5, 5.41) is 2.61. The van der Waals surface area contributed by atoms with Crippen LogP contribution in [-0.4, -0.2) is 62.4 Å². The van der Waals surface area contributed by atoms with Crippen molar-refractivity contribution >= 4 is 33.6 Å². The molecule has 0 radical (unpaired) electrons. The van der Waals surface area contributed by atoms with Gasteiger partial charge in [-0.15, -0.1) is 0 Å². The largest absolute Gasteiger partial charge is 0.461 e. The summed E-state index contributed by atoms with van der Waals surface area (Å²) in [5.74, 6) is -2.01. The quantitative estimate of drug-likeness (QED) is 0.556. The van der Waals surface area contributed by atoms with Crippen LogP contribution in [0.5, 0.6) is 0 Å². The molecule has 2 rings (SSSR count). The first-order valence-corrected chi connectivity index (χ1v) is 11.7. The van der Waals surface area contributed by atoms with Gasteiger partial charge in [0.2, 0.25) is 10.0 Å². The molecule has 180 valence electrons. The summed E-state index contributed by atoms with van der Waals surface area (Å²) in [7, 11) is -0.870. The molecule has 0 bridgehead atoms. The Morgan fingerprint density at radius 1 is 1.12 bits per heavy atom. The van der Waals surface area contributed by atoms with Crippen molar-refractivity contribution in [3.8, 4) is 0 Å². The van der Waals surface area contributed by atoms with E-state index in [4.69, 9.17) is 9.47 Å². The van der Waals surface area contributed by atoms with Crippen LogP contribution in [0.1, 0.15) is 51.5 Å². The highest BCUT2D eigenvalue weighted by Gasteiger charge is 2.27. The van der Waals surface area contributed by atoms with Gasteiger partial charge in [0.05, 0.1) is 17.1 Å². The van der Waals surface area contributed by atoms with Crippen molar-refractivity contribution in [3.63, 3.8) is 0 Å². The van der Waals surface area contributed by atoms with E-state index in [0.29, 0.717) is 16.8 Å². The average molecular weight is 480 g/mol. The Labute approximate surface area is 193 Å². The number of nitrogens with one attached hydrogen (secondary N) is 2. The van der Waals surface area contributed by atoms with E-state index >= 15 is 0 Å². The Morgan fingerprint density at radius 2 is 1.76 bits per heavy atom. The summed E-state index contributed by atoms with van der Waals surface area (Å²) in [6.07, 6.45) is -1.19. The minimum absolute atomic E-state index is 0.0168. The van der Waals surface area contributed by atoms with E-state index in [-0.39, 0.29) is 28.4 Å². The van der Waals surface area contributed by atoms with Gasteiger partial charge in [-0.2, -0.15) is 0 Å². The van der Waals surface area contributed by atoms with E-state index < -0.39 is 34.0 Å². The number of carbonyl (C=O) groups is 3. The molecule has 11 heteroatoms. The predicted octanol–water partition coefficient (Wildman–Crippen LogP) is 2.55. The smallest absolute Gasteiger partial charge is 0.355 e. The zero-order valence-corrected chi connectivity index (χ0v) is 20.5. The Morgan fingerprint density at radius 3 is 2.33 bits per heavy atom. The first kappa shape index (κ1) is 26.1. The molecule has 2 N–H and O–H groups in total. The summed E-state index contributed by atoms with van der Waals surface area (Å²) >= 11 is 0. The normalized spacial score (nSPS) is 12.4. The van der Waals surface area contributed by atoms with Crippen molar-refractivity contribution < 1.29 is 32.3 Å². The second-order valence-corrected chi connectivity index (χ2v) is 9.80. The standard InChI is InChI=1S/C22H29N3O7S/c1-8-31-22(28)19-13(3)18(14(4)23-19)21(27)32-15(5)20(26)24-17-11-16(10-9-12(17)2)33(29,30)25(6)7/h9-11,15,23H,8H2,1-7H3,(H,24,26). The molecular weight excluding hydrogens is 450 g/mol. The number of benzene rings is 1. The van der Waals surface area contributed by atoms with Crippen molar-refractivity contribution in [2.75, 3.05) is 26.0 Å². The van der Waals surface area contributed by atoms with Gasteiger partial charge < -0.3 is 19.8 Å². The molecule has 0 aliphatic rings. The van der Waals surface area contributed by atoms with Crippen LogP contribution in [-0.2, 0) is 24.3 Å². The van der Waals surface area contributed by atoms with Crippen LogP contribution in [0.4, 0.5) is 5.69 Å². The Balaban J connectivity index is 2.19. The summed E-state index contributed by atoms with van der Waals surface area (Å²) in [4.78, 5) is 40.3. The van der Waals surface area contributed by atoms with Gasteiger partial charge >= 0.3 is 11.9 Å². The number of H-pyrrole nitrogens is 1. The number of rotatable bonds is 8. The first-order valence-electron chi connectivity index (χ1n) is 10.2. The molecular formula is C22H29N3O7S. The number of nitrogens with zero attached hydrogens (tertiary/aromatic N) is 1. The van der Waals surface area contributed by atoms with E-state index in [9.17, 15) is 22.8 Å². The maximum atomic E-state index is 12.7. The molecule has 0 fully saturated rings. The fourth-order valence-electron chi connectivity index (χ4n) is 3.08. The van der Waals surface area contributed by atoms with E-state index in [1.54, 1.807) is 33.8 Å². The van der Waals surface area contributed by atoms with Crippen molar-refractivity contribution in [2.24, 2.45) is 0 Å². The van der Waals surface area contributed by atoms with Crippen LogP contribution in [0, 0.1) is 20.8 Å². The highest BCUT2D eigenvalue weighted by molar-refractivity contribution is 7.89. The van der Waals surface area contributed by atoms with E-state index in [1.807, 2.05) is 0 Å². The molecule has 0 aliphatic heterocycles. The first-order chi connectivity index (χ1) is 15.3. The van der Waals surface area contributed by atoms with E-state index in [1.165, 1.54) is 33.2 Å². The van der Waals surface area contributed by atoms with Crippen molar-refractivity contribution in [3.05, 3.63) is 46.3 Å². The maximum absolute atomic E-state index is 12.7. The second-order valence-electron chi connectivity index (χ2n) is 7.65. The highest BCUT2D eigenvalue weighted by Crippen LogP contribution is 2.23. The summed E-state index contributed by atoms with van der Waals surface area (Å²) < 4.78 is 36.1. The maximum Gasteiger partial charge on any atom is 0.355 e. The van der Waals surface area contributed by atoms with Gasteiger partial charge in [0.15, 0.2) is 6.10 Å². The van der Waals surface area contributed by atoms with Gasteiger partial charge in [-0.3, -0.25) is 4.79 Å². The number of hydrogen-bond donors (Lipinski definition) is 2. The zero-order valence-electron chi connectivity index (χ0n) is 19.7. The van der Waals surface area contributed by atoms with Crippen molar-refractivity contribution in [1.82, 2.24) is 9.29 Å². The van der Waals surface area contributed by atoms with Gasteiger partial charge in [-0.25, -0.2) is 22.3 Å². The second kappa shape index (κ2) is 10.2. The number of anilines is 1. The van der Waals surface area contributed by atoms with E-state index in [2.05, 4.69) is 10.3 Å². The lowest BCUT2D eigenvalue weighted by Gasteiger charge is -2.17. The molecule has 0 saturated carbocycles. The molecule has 0 aliphatic carbocycles. The van der Waals surface area contributed by atoms with E-state index in [0.717, 1.165) is 4.31 Å². The van der Waals surface area contributed by atoms with Crippen LogP contribution < -0.4 is 5.32 Å². The number of aromatic nitrogens is 1. The fraction of sp³-hybridized carbons (Fsp3) is 0.409. The van der Waals surface area contributed by atoms with Gasteiger partial charge in [0.25, 0.3) is 5.91 Å². The number of ether oxygens (including phenoxy) is 2. The molecule has 2 aromatic rings. The lowest BCUT2D eigenvalue weighted by atomic mass is 10.1. The molecule has 1 aromatic carbocycles. The minimum atomic E-state index is -3.69. The predicted molar refractivity (Wildman–Crippen MR) is 122 cm³/mol. The monoisotopic (exact) mass is 479 g/mol. The Kier molecular flexibility index (Phi) is 8.04. The molecule has 1 heterocycles.